The molecule has 0 saturated carbocycles. The lowest BCUT2D eigenvalue weighted by atomic mass is 10.1. The molecule has 1 heterocycles. The SMILES string of the molecule is CSc1nc2ccc(NC(C)c3ccc(Cl)cc3)cc2s1. The van der Waals surface area contributed by atoms with Crippen LogP contribution in [0, 0.1) is 0 Å². The molecule has 2 aromatic carbocycles. The van der Waals surface area contributed by atoms with Crippen LogP contribution in [-0.2, 0) is 0 Å². The average molecular weight is 335 g/mol. The van der Waals surface area contributed by atoms with Gasteiger partial charge in [-0.15, -0.1) is 11.3 Å². The largest absolute Gasteiger partial charge is 0.378 e. The van der Waals surface area contributed by atoms with Gasteiger partial charge in [0.15, 0.2) is 4.34 Å². The number of aromatic nitrogens is 1. The molecule has 2 nitrogen and oxygen atoms in total. The van der Waals surface area contributed by atoms with Gasteiger partial charge in [0, 0.05) is 16.8 Å². The number of nitrogens with one attached hydrogen (secondary N) is 1. The number of hydrogen-bond acceptors (Lipinski definition) is 4. The number of thioether (sulfide) groups is 1. The highest BCUT2D eigenvalue weighted by Crippen LogP contribution is 2.31. The van der Waals surface area contributed by atoms with Gasteiger partial charge in [0.2, 0.25) is 0 Å². The van der Waals surface area contributed by atoms with E-state index in [0.717, 1.165) is 20.6 Å². The van der Waals surface area contributed by atoms with Crippen LogP contribution >= 0.6 is 34.7 Å². The van der Waals surface area contributed by atoms with Crippen LogP contribution in [0.1, 0.15) is 18.5 Å². The van der Waals surface area contributed by atoms with E-state index < -0.39 is 0 Å². The van der Waals surface area contributed by atoms with Crippen LogP contribution in [0.25, 0.3) is 10.2 Å². The molecule has 1 unspecified atom stereocenters. The molecule has 0 radical (unpaired) electrons. The van der Waals surface area contributed by atoms with E-state index in [1.165, 1.54) is 10.3 Å². The molecule has 3 aromatic rings. The Morgan fingerprint density at radius 3 is 2.67 bits per heavy atom. The fraction of sp³-hybridized carbons (Fsp3) is 0.188. The van der Waals surface area contributed by atoms with E-state index in [1.54, 1.807) is 23.1 Å². The summed E-state index contributed by atoms with van der Waals surface area (Å²) in [6.45, 7) is 2.15. The summed E-state index contributed by atoms with van der Waals surface area (Å²) in [5.74, 6) is 0. The first-order valence-corrected chi connectivity index (χ1v) is 9.04. The summed E-state index contributed by atoms with van der Waals surface area (Å²) in [4.78, 5) is 4.56. The molecule has 1 atom stereocenters. The molecule has 21 heavy (non-hydrogen) atoms. The highest BCUT2D eigenvalue weighted by molar-refractivity contribution is 8.00. The van der Waals surface area contributed by atoms with Gasteiger partial charge in [0.25, 0.3) is 0 Å². The van der Waals surface area contributed by atoms with Gasteiger partial charge in [0.05, 0.1) is 10.2 Å². The normalized spacial score (nSPS) is 12.5. The van der Waals surface area contributed by atoms with E-state index in [-0.39, 0.29) is 6.04 Å². The van der Waals surface area contributed by atoms with E-state index in [2.05, 4.69) is 53.8 Å². The molecule has 1 aromatic heterocycles. The summed E-state index contributed by atoms with van der Waals surface area (Å²) in [5, 5.41) is 4.29. The third-order valence-corrected chi connectivity index (χ3v) is 5.55. The molecule has 108 valence electrons. The fourth-order valence-electron chi connectivity index (χ4n) is 2.17. The highest BCUT2D eigenvalue weighted by Gasteiger charge is 2.08. The van der Waals surface area contributed by atoms with Gasteiger partial charge >= 0.3 is 0 Å². The lowest BCUT2D eigenvalue weighted by molar-refractivity contribution is 0.885. The first kappa shape index (κ1) is 14.7. The zero-order valence-electron chi connectivity index (χ0n) is 11.8. The maximum Gasteiger partial charge on any atom is 0.150 e. The second-order valence-corrected chi connectivity index (χ2v) is 7.30. The Hall–Kier alpha value is -1.23. The summed E-state index contributed by atoms with van der Waals surface area (Å²) >= 11 is 9.35. The van der Waals surface area contributed by atoms with Crippen molar-refractivity contribution in [1.82, 2.24) is 4.98 Å². The molecule has 3 rings (SSSR count). The summed E-state index contributed by atoms with van der Waals surface area (Å²) in [7, 11) is 0. The van der Waals surface area contributed by atoms with Gasteiger partial charge in [-0.3, -0.25) is 0 Å². The summed E-state index contributed by atoms with van der Waals surface area (Å²) < 4.78 is 2.32. The maximum atomic E-state index is 5.93. The predicted molar refractivity (Wildman–Crippen MR) is 94.9 cm³/mol. The highest BCUT2D eigenvalue weighted by atomic mass is 35.5. The van der Waals surface area contributed by atoms with Gasteiger partial charge in [-0.1, -0.05) is 35.5 Å². The van der Waals surface area contributed by atoms with Crippen molar-refractivity contribution in [2.24, 2.45) is 0 Å². The van der Waals surface area contributed by atoms with Crippen LogP contribution in [-0.4, -0.2) is 11.2 Å². The maximum absolute atomic E-state index is 5.93. The van der Waals surface area contributed by atoms with Crippen molar-refractivity contribution in [3.8, 4) is 0 Å². The Morgan fingerprint density at radius 1 is 1.19 bits per heavy atom. The predicted octanol–water partition coefficient (Wildman–Crippen LogP) is 5.84. The van der Waals surface area contributed by atoms with E-state index >= 15 is 0 Å². The molecule has 0 saturated heterocycles. The molecular weight excluding hydrogens is 320 g/mol. The number of rotatable bonds is 4. The number of thiazole rings is 1. The van der Waals surface area contributed by atoms with Crippen LogP contribution in [0.2, 0.25) is 5.02 Å². The van der Waals surface area contributed by atoms with Crippen LogP contribution in [0.4, 0.5) is 5.69 Å². The van der Waals surface area contributed by atoms with Crippen molar-refractivity contribution in [2.45, 2.75) is 17.3 Å². The third-order valence-electron chi connectivity index (χ3n) is 3.30. The number of benzene rings is 2. The number of hydrogen-bond donors (Lipinski definition) is 1. The molecule has 0 fully saturated rings. The Bertz CT molecular complexity index is 753. The van der Waals surface area contributed by atoms with E-state index in [1.807, 2.05) is 12.1 Å². The van der Waals surface area contributed by atoms with Crippen LogP contribution in [0.15, 0.2) is 46.8 Å². The van der Waals surface area contributed by atoms with Gasteiger partial charge in [-0.25, -0.2) is 4.98 Å². The first-order chi connectivity index (χ1) is 10.2. The van der Waals surface area contributed by atoms with Crippen molar-refractivity contribution in [3.05, 3.63) is 53.1 Å². The van der Waals surface area contributed by atoms with E-state index in [9.17, 15) is 0 Å². The minimum atomic E-state index is 0.229. The van der Waals surface area contributed by atoms with E-state index in [4.69, 9.17) is 11.6 Å². The zero-order chi connectivity index (χ0) is 14.8. The Kier molecular flexibility index (Phi) is 4.38. The number of anilines is 1. The Balaban J connectivity index is 1.82. The minimum Gasteiger partial charge on any atom is -0.378 e. The second-order valence-electron chi connectivity index (χ2n) is 4.78. The quantitative estimate of drug-likeness (QED) is 0.606. The smallest absolute Gasteiger partial charge is 0.150 e. The summed E-state index contributed by atoms with van der Waals surface area (Å²) in [5.41, 5.74) is 3.39. The molecule has 0 bridgehead atoms. The summed E-state index contributed by atoms with van der Waals surface area (Å²) in [6, 6.07) is 14.5. The molecule has 0 aliphatic rings. The van der Waals surface area contributed by atoms with Gasteiger partial charge < -0.3 is 5.32 Å². The first-order valence-electron chi connectivity index (χ1n) is 6.62. The van der Waals surface area contributed by atoms with Gasteiger partial charge in [-0.05, 0) is 49.1 Å². The minimum absolute atomic E-state index is 0.229. The van der Waals surface area contributed by atoms with Crippen molar-refractivity contribution in [3.63, 3.8) is 0 Å². The molecular formula is C16H15ClN2S2. The Labute approximate surface area is 137 Å². The standard InChI is InChI=1S/C16H15ClN2S2/c1-10(11-3-5-12(17)6-4-11)18-13-7-8-14-15(9-13)21-16(19-14)20-2/h3-10,18H,1-2H3. The monoisotopic (exact) mass is 334 g/mol. The molecule has 0 aliphatic carbocycles. The third kappa shape index (κ3) is 3.34. The topological polar surface area (TPSA) is 24.9 Å². The molecule has 0 aliphatic heterocycles. The number of fused-ring (bicyclic) bond motifs is 1. The summed E-state index contributed by atoms with van der Waals surface area (Å²) in [6.07, 6.45) is 2.06. The second kappa shape index (κ2) is 6.26. The number of halogens is 1. The zero-order valence-corrected chi connectivity index (χ0v) is 14.1. The van der Waals surface area contributed by atoms with Crippen LogP contribution < -0.4 is 5.32 Å². The van der Waals surface area contributed by atoms with Crippen molar-refractivity contribution >= 4 is 50.6 Å². The van der Waals surface area contributed by atoms with Crippen molar-refractivity contribution < 1.29 is 0 Å². The lowest BCUT2D eigenvalue weighted by Gasteiger charge is -2.15. The average Bonchev–Trinajstić information content (AvgIpc) is 2.90. The van der Waals surface area contributed by atoms with Crippen molar-refractivity contribution in [1.29, 1.82) is 0 Å². The molecule has 0 spiro atoms. The van der Waals surface area contributed by atoms with Crippen LogP contribution in [0.3, 0.4) is 0 Å². The van der Waals surface area contributed by atoms with Crippen molar-refractivity contribution in [2.75, 3.05) is 11.6 Å². The van der Waals surface area contributed by atoms with E-state index in [0.29, 0.717) is 0 Å². The lowest BCUT2D eigenvalue weighted by Crippen LogP contribution is -2.06. The fourth-order valence-corrected chi connectivity index (χ4v) is 3.82. The molecule has 0 amide bonds. The van der Waals surface area contributed by atoms with Gasteiger partial charge in [-0.2, -0.15) is 0 Å². The number of nitrogens with zero attached hydrogens (tertiary/aromatic N) is 1. The molecule has 5 heteroatoms. The molecule has 1 N–H and O–H groups in total. The Morgan fingerprint density at radius 2 is 1.95 bits per heavy atom. The van der Waals surface area contributed by atoms with Crippen LogP contribution in [0.5, 0.6) is 0 Å². The van der Waals surface area contributed by atoms with Gasteiger partial charge in [0.1, 0.15) is 0 Å².